The number of nitrogens with two attached hydrogens (primary N) is 1. The minimum atomic E-state index is -0.281. The molecule has 0 bridgehead atoms. The smallest absolute Gasteiger partial charge is 0.170 e. The molecule has 0 radical (unpaired) electrons. The average molecular weight is 490 g/mol. The van der Waals surface area contributed by atoms with E-state index in [9.17, 15) is 4.39 Å². The third-order valence-corrected chi connectivity index (χ3v) is 5.68. The molecule has 1 fully saturated rings. The summed E-state index contributed by atoms with van der Waals surface area (Å²) in [6.45, 7) is 2.95. The van der Waals surface area contributed by atoms with Gasteiger partial charge in [-0.15, -0.1) is 24.8 Å². The zero-order valence-corrected chi connectivity index (χ0v) is 17.1. The quantitative estimate of drug-likeness (QED) is 0.291. The van der Waals surface area contributed by atoms with Crippen molar-refractivity contribution in [3.63, 3.8) is 0 Å². The van der Waals surface area contributed by atoms with Gasteiger partial charge in [0, 0.05) is 17.4 Å². The van der Waals surface area contributed by atoms with Crippen LogP contribution >= 0.6 is 47.4 Å². The molecule has 2 atom stereocenters. The number of nitrogens with zero attached hydrogens (tertiary/aromatic N) is 2. The van der Waals surface area contributed by atoms with Gasteiger partial charge in [-0.2, -0.15) is 0 Å². The Morgan fingerprint density at radius 2 is 2.12 bits per heavy atom. The standard InChI is InChI=1S/C16H21FIN3O.2ClH/c17-12-3-4-13-14(10-12)22-20-16(13)11-5-8-21(15(18)9-11)7-2-1-6-19;;/h3-4,10-11,15H,1-2,5-9,19H2;2*1H. The van der Waals surface area contributed by atoms with Crippen molar-refractivity contribution in [2.75, 3.05) is 19.6 Å². The summed E-state index contributed by atoms with van der Waals surface area (Å²) in [6.07, 6.45) is 4.37. The van der Waals surface area contributed by atoms with Gasteiger partial charge in [0.25, 0.3) is 0 Å². The van der Waals surface area contributed by atoms with Gasteiger partial charge >= 0.3 is 0 Å². The molecule has 4 nitrogen and oxygen atoms in total. The van der Waals surface area contributed by atoms with Gasteiger partial charge in [0.15, 0.2) is 5.58 Å². The fourth-order valence-electron chi connectivity index (χ4n) is 3.15. The van der Waals surface area contributed by atoms with Crippen molar-refractivity contribution in [3.05, 3.63) is 29.7 Å². The van der Waals surface area contributed by atoms with E-state index in [0.29, 0.717) is 15.5 Å². The number of unbranched alkanes of at least 4 members (excludes halogenated alkanes) is 1. The highest BCUT2D eigenvalue weighted by Gasteiger charge is 2.30. The largest absolute Gasteiger partial charge is 0.356 e. The van der Waals surface area contributed by atoms with Crippen molar-refractivity contribution >= 4 is 58.4 Å². The second-order valence-corrected chi connectivity index (χ2v) is 7.33. The van der Waals surface area contributed by atoms with E-state index < -0.39 is 0 Å². The van der Waals surface area contributed by atoms with Crippen LogP contribution in [0.5, 0.6) is 0 Å². The van der Waals surface area contributed by atoms with E-state index in [0.717, 1.165) is 56.4 Å². The van der Waals surface area contributed by atoms with Crippen molar-refractivity contribution in [3.8, 4) is 0 Å². The predicted molar refractivity (Wildman–Crippen MR) is 108 cm³/mol. The summed E-state index contributed by atoms with van der Waals surface area (Å²) < 4.78 is 19.1. The number of alkyl halides is 1. The topological polar surface area (TPSA) is 55.3 Å². The molecule has 1 saturated heterocycles. The van der Waals surface area contributed by atoms with Gasteiger partial charge in [-0.25, -0.2) is 4.39 Å². The van der Waals surface area contributed by atoms with Crippen LogP contribution in [-0.2, 0) is 0 Å². The lowest BCUT2D eigenvalue weighted by atomic mass is 9.91. The van der Waals surface area contributed by atoms with Crippen LogP contribution in [0.25, 0.3) is 11.0 Å². The number of aromatic nitrogens is 1. The third-order valence-electron chi connectivity index (χ3n) is 4.39. The molecule has 1 aliphatic heterocycles. The summed E-state index contributed by atoms with van der Waals surface area (Å²) in [4.78, 5) is 2.52. The molecule has 2 aromatic rings. The molecular formula is C16H23Cl2FIN3O. The van der Waals surface area contributed by atoms with Crippen molar-refractivity contribution in [1.29, 1.82) is 0 Å². The lowest BCUT2D eigenvalue weighted by molar-refractivity contribution is 0.194. The molecule has 2 heterocycles. The Kier molecular flexibility index (Phi) is 9.22. The molecule has 0 saturated carbocycles. The second kappa shape index (κ2) is 10.1. The van der Waals surface area contributed by atoms with E-state index in [4.69, 9.17) is 10.3 Å². The van der Waals surface area contributed by atoms with Crippen LogP contribution in [0.4, 0.5) is 4.39 Å². The van der Waals surface area contributed by atoms with Crippen LogP contribution in [0.15, 0.2) is 22.7 Å². The van der Waals surface area contributed by atoms with E-state index in [1.165, 1.54) is 12.1 Å². The van der Waals surface area contributed by atoms with E-state index in [1.807, 2.05) is 0 Å². The molecule has 8 heteroatoms. The SMILES string of the molecule is Cl.Cl.NCCCCN1CCC(c2noc3cc(F)ccc23)CC1I. The van der Waals surface area contributed by atoms with Crippen LogP contribution in [0, 0.1) is 5.82 Å². The first kappa shape index (κ1) is 21.9. The number of halogens is 4. The molecule has 1 aromatic carbocycles. The van der Waals surface area contributed by atoms with Gasteiger partial charge in [0.1, 0.15) is 5.82 Å². The lowest BCUT2D eigenvalue weighted by Gasteiger charge is -2.36. The Morgan fingerprint density at radius 1 is 1.33 bits per heavy atom. The number of fused-ring (bicyclic) bond motifs is 1. The summed E-state index contributed by atoms with van der Waals surface area (Å²) in [5, 5.41) is 5.17. The summed E-state index contributed by atoms with van der Waals surface area (Å²) >= 11 is 2.52. The van der Waals surface area contributed by atoms with Crippen LogP contribution in [0.3, 0.4) is 0 Å². The van der Waals surface area contributed by atoms with E-state index in [1.54, 1.807) is 6.07 Å². The molecule has 2 unspecified atom stereocenters. The van der Waals surface area contributed by atoms with Crippen molar-refractivity contribution in [1.82, 2.24) is 10.1 Å². The maximum Gasteiger partial charge on any atom is 0.170 e. The van der Waals surface area contributed by atoms with Gasteiger partial charge in [0.2, 0.25) is 0 Å². The number of rotatable bonds is 5. The normalized spacial score (nSPS) is 21.3. The van der Waals surface area contributed by atoms with Crippen LogP contribution in [0.1, 0.15) is 37.3 Å². The molecule has 3 rings (SSSR count). The minimum Gasteiger partial charge on any atom is -0.356 e. The monoisotopic (exact) mass is 489 g/mol. The van der Waals surface area contributed by atoms with Gasteiger partial charge in [-0.05, 0) is 57.5 Å². The van der Waals surface area contributed by atoms with Crippen LogP contribution in [0.2, 0.25) is 0 Å². The summed E-state index contributed by atoms with van der Waals surface area (Å²) in [5.41, 5.74) is 7.09. The lowest BCUT2D eigenvalue weighted by Crippen LogP contribution is -2.39. The first-order valence-electron chi connectivity index (χ1n) is 7.82. The van der Waals surface area contributed by atoms with E-state index in [-0.39, 0.29) is 30.6 Å². The number of benzene rings is 1. The maximum absolute atomic E-state index is 13.2. The van der Waals surface area contributed by atoms with Gasteiger partial charge in [0.05, 0.1) is 9.74 Å². The van der Waals surface area contributed by atoms with Gasteiger partial charge in [-0.1, -0.05) is 27.7 Å². The highest BCUT2D eigenvalue weighted by atomic mass is 127. The fourth-order valence-corrected chi connectivity index (χ4v) is 4.32. The molecular weight excluding hydrogens is 467 g/mol. The molecule has 1 aliphatic rings. The van der Waals surface area contributed by atoms with Gasteiger partial charge < -0.3 is 10.3 Å². The van der Waals surface area contributed by atoms with E-state index in [2.05, 4.69) is 32.6 Å². The van der Waals surface area contributed by atoms with Crippen LogP contribution in [-0.4, -0.2) is 33.7 Å². The summed E-state index contributed by atoms with van der Waals surface area (Å²) in [6, 6.07) is 4.67. The minimum absolute atomic E-state index is 0. The Morgan fingerprint density at radius 3 is 2.83 bits per heavy atom. The highest BCUT2D eigenvalue weighted by Crippen LogP contribution is 2.37. The third kappa shape index (κ3) is 4.94. The second-order valence-electron chi connectivity index (χ2n) is 5.90. The van der Waals surface area contributed by atoms with Crippen LogP contribution < -0.4 is 5.73 Å². The molecule has 1 aromatic heterocycles. The van der Waals surface area contributed by atoms with Gasteiger partial charge in [-0.3, -0.25) is 4.90 Å². The number of piperidine rings is 1. The summed E-state index contributed by atoms with van der Waals surface area (Å²) in [5.74, 6) is 0.107. The zero-order chi connectivity index (χ0) is 15.5. The Bertz CT molecular complexity index is 643. The molecule has 24 heavy (non-hydrogen) atoms. The zero-order valence-electron chi connectivity index (χ0n) is 13.3. The molecule has 136 valence electrons. The average Bonchev–Trinajstić information content (AvgIpc) is 2.92. The molecule has 0 spiro atoms. The first-order valence-corrected chi connectivity index (χ1v) is 9.06. The predicted octanol–water partition coefficient (Wildman–Crippen LogP) is 4.49. The van der Waals surface area contributed by atoms with Crippen molar-refractivity contribution in [2.45, 2.75) is 35.6 Å². The molecule has 0 amide bonds. The summed E-state index contributed by atoms with van der Waals surface area (Å²) in [7, 11) is 0. The van der Waals surface area contributed by atoms with Crippen molar-refractivity contribution < 1.29 is 8.91 Å². The highest BCUT2D eigenvalue weighted by molar-refractivity contribution is 14.1. The Labute approximate surface area is 167 Å². The Hall–Kier alpha value is -0.150. The fraction of sp³-hybridized carbons (Fsp3) is 0.562. The Balaban J connectivity index is 0.00000144. The maximum atomic E-state index is 13.2. The molecule has 2 N–H and O–H groups in total. The number of hydrogen-bond acceptors (Lipinski definition) is 4. The molecule has 0 aliphatic carbocycles. The number of hydrogen-bond donors (Lipinski definition) is 1. The first-order chi connectivity index (χ1) is 10.7. The van der Waals surface area contributed by atoms with Crippen molar-refractivity contribution in [2.24, 2.45) is 5.73 Å². The number of likely N-dealkylation sites (tertiary alicyclic amines) is 1. The van der Waals surface area contributed by atoms with E-state index >= 15 is 0 Å².